The summed E-state index contributed by atoms with van der Waals surface area (Å²) in [7, 11) is 1.69. The Morgan fingerprint density at radius 1 is 1.13 bits per heavy atom. The molecule has 122 valence electrons. The third-order valence-corrected chi connectivity index (χ3v) is 4.11. The predicted molar refractivity (Wildman–Crippen MR) is 90.6 cm³/mol. The minimum absolute atomic E-state index is 0.428. The van der Waals surface area contributed by atoms with Crippen LogP contribution in [0.4, 0.5) is 0 Å². The number of para-hydroxylation sites is 1. The van der Waals surface area contributed by atoms with E-state index in [2.05, 4.69) is 29.8 Å². The highest BCUT2D eigenvalue weighted by molar-refractivity contribution is 5.46. The van der Waals surface area contributed by atoms with Crippen molar-refractivity contribution in [1.82, 2.24) is 9.88 Å². The normalized spacial score (nSPS) is 16.7. The van der Waals surface area contributed by atoms with Gasteiger partial charge in [0.05, 0.1) is 7.11 Å². The van der Waals surface area contributed by atoms with Crippen molar-refractivity contribution in [3.8, 4) is 11.5 Å². The molecule has 0 unspecified atom stereocenters. The molecule has 3 rings (SSSR count). The summed E-state index contributed by atoms with van der Waals surface area (Å²) in [6.07, 6.45) is 3.56. The van der Waals surface area contributed by atoms with E-state index in [1.165, 1.54) is 5.56 Å². The average Bonchev–Trinajstić information content (AvgIpc) is 2.52. The Labute approximate surface area is 138 Å². The lowest BCUT2D eigenvalue weighted by atomic mass is 9.84. The van der Waals surface area contributed by atoms with Crippen molar-refractivity contribution < 1.29 is 9.47 Å². The fourth-order valence-corrected chi connectivity index (χ4v) is 3.16. The summed E-state index contributed by atoms with van der Waals surface area (Å²) in [5.74, 6) is 1.63. The molecule has 1 fully saturated rings. The van der Waals surface area contributed by atoms with E-state index < -0.39 is 0 Å². The van der Waals surface area contributed by atoms with Gasteiger partial charge in [-0.15, -0.1) is 0 Å². The second-order valence-corrected chi connectivity index (χ2v) is 6.90. The zero-order chi connectivity index (χ0) is 16.3. The number of ether oxygens (including phenoxy) is 2. The Balaban J connectivity index is 1.74. The first-order valence-electron chi connectivity index (χ1n) is 7.97. The van der Waals surface area contributed by atoms with E-state index in [4.69, 9.17) is 9.47 Å². The van der Waals surface area contributed by atoms with E-state index in [1.54, 1.807) is 19.5 Å². The predicted octanol–water partition coefficient (Wildman–Crippen LogP) is 3.51. The van der Waals surface area contributed by atoms with Gasteiger partial charge in [0.1, 0.15) is 6.61 Å². The maximum Gasteiger partial charge on any atom is 0.166 e. The second-order valence-electron chi connectivity index (χ2n) is 6.90. The molecular formula is C19H24N2O2. The SMILES string of the molecule is COc1cccc(CN2CC(C)(C)C2)c1OCc1ccncc1. The van der Waals surface area contributed by atoms with Crippen LogP contribution in [0.5, 0.6) is 11.5 Å². The molecule has 1 aromatic heterocycles. The van der Waals surface area contributed by atoms with Crippen LogP contribution < -0.4 is 9.47 Å². The summed E-state index contributed by atoms with van der Waals surface area (Å²) in [4.78, 5) is 6.47. The number of methoxy groups -OCH3 is 1. The van der Waals surface area contributed by atoms with Crippen LogP contribution in [0.3, 0.4) is 0 Å². The largest absolute Gasteiger partial charge is 0.493 e. The van der Waals surface area contributed by atoms with Crippen LogP contribution in [0.2, 0.25) is 0 Å². The quantitative estimate of drug-likeness (QED) is 0.817. The second kappa shape index (κ2) is 6.59. The lowest BCUT2D eigenvalue weighted by molar-refractivity contribution is 0.0234. The van der Waals surface area contributed by atoms with Gasteiger partial charge in [0, 0.05) is 37.6 Å². The third kappa shape index (κ3) is 3.82. The van der Waals surface area contributed by atoms with Crippen LogP contribution >= 0.6 is 0 Å². The smallest absolute Gasteiger partial charge is 0.166 e. The number of likely N-dealkylation sites (tertiary alicyclic amines) is 1. The molecule has 1 aromatic carbocycles. The zero-order valence-corrected chi connectivity index (χ0v) is 14.1. The molecule has 2 heterocycles. The van der Waals surface area contributed by atoms with Gasteiger partial charge in [-0.3, -0.25) is 9.88 Å². The minimum atomic E-state index is 0.428. The van der Waals surface area contributed by atoms with Crippen LogP contribution in [-0.4, -0.2) is 30.1 Å². The van der Waals surface area contributed by atoms with Crippen LogP contribution in [-0.2, 0) is 13.2 Å². The zero-order valence-electron chi connectivity index (χ0n) is 14.1. The Kier molecular flexibility index (Phi) is 4.53. The number of pyridine rings is 1. The average molecular weight is 312 g/mol. The summed E-state index contributed by atoms with van der Waals surface area (Å²) in [5, 5.41) is 0. The van der Waals surface area contributed by atoms with Gasteiger partial charge in [-0.25, -0.2) is 0 Å². The molecule has 1 aliphatic heterocycles. The van der Waals surface area contributed by atoms with Gasteiger partial charge in [-0.2, -0.15) is 0 Å². The topological polar surface area (TPSA) is 34.6 Å². The Hall–Kier alpha value is -2.07. The molecule has 1 saturated heterocycles. The highest BCUT2D eigenvalue weighted by Gasteiger charge is 2.34. The third-order valence-electron chi connectivity index (χ3n) is 4.11. The Morgan fingerprint density at radius 2 is 1.87 bits per heavy atom. The molecule has 1 aliphatic rings. The molecule has 0 aliphatic carbocycles. The van der Waals surface area contributed by atoms with Crippen LogP contribution in [0, 0.1) is 5.41 Å². The number of benzene rings is 1. The van der Waals surface area contributed by atoms with E-state index in [-0.39, 0.29) is 0 Å². The highest BCUT2D eigenvalue weighted by atomic mass is 16.5. The molecule has 4 heteroatoms. The summed E-state index contributed by atoms with van der Waals surface area (Å²) < 4.78 is 11.6. The van der Waals surface area contributed by atoms with E-state index >= 15 is 0 Å². The first kappa shape index (κ1) is 15.8. The Bertz CT molecular complexity index is 648. The summed E-state index contributed by atoms with van der Waals surface area (Å²) in [6, 6.07) is 10.0. The van der Waals surface area contributed by atoms with E-state index in [0.717, 1.165) is 36.7 Å². The van der Waals surface area contributed by atoms with Gasteiger partial charge >= 0.3 is 0 Å². The highest BCUT2D eigenvalue weighted by Crippen LogP contribution is 2.36. The molecule has 2 aromatic rings. The van der Waals surface area contributed by atoms with Crippen molar-refractivity contribution in [2.75, 3.05) is 20.2 Å². The monoisotopic (exact) mass is 312 g/mol. The van der Waals surface area contributed by atoms with Crippen LogP contribution in [0.25, 0.3) is 0 Å². The summed E-state index contributed by atoms with van der Waals surface area (Å²) >= 11 is 0. The lowest BCUT2D eigenvalue weighted by Gasteiger charge is -2.46. The molecule has 4 nitrogen and oxygen atoms in total. The molecule has 0 radical (unpaired) electrons. The van der Waals surface area contributed by atoms with E-state index in [1.807, 2.05) is 24.3 Å². The van der Waals surface area contributed by atoms with E-state index in [0.29, 0.717) is 12.0 Å². The number of aromatic nitrogens is 1. The molecular weight excluding hydrogens is 288 g/mol. The lowest BCUT2D eigenvalue weighted by Crippen LogP contribution is -2.52. The van der Waals surface area contributed by atoms with Gasteiger partial charge in [0.2, 0.25) is 0 Å². The molecule has 0 bridgehead atoms. The van der Waals surface area contributed by atoms with Crippen molar-refractivity contribution in [3.05, 3.63) is 53.9 Å². The molecule has 0 N–H and O–H groups in total. The van der Waals surface area contributed by atoms with Crippen molar-refractivity contribution in [3.63, 3.8) is 0 Å². The molecule has 0 spiro atoms. The minimum Gasteiger partial charge on any atom is -0.493 e. The number of hydrogen-bond donors (Lipinski definition) is 0. The van der Waals surface area contributed by atoms with Crippen molar-refractivity contribution >= 4 is 0 Å². The molecule has 0 atom stereocenters. The van der Waals surface area contributed by atoms with Crippen molar-refractivity contribution in [1.29, 1.82) is 0 Å². The number of nitrogens with zero attached hydrogens (tertiary/aromatic N) is 2. The Morgan fingerprint density at radius 3 is 2.52 bits per heavy atom. The first-order valence-corrected chi connectivity index (χ1v) is 7.97. The fraction of sp³-hybridized carbons (Fsp3) is 0.421. The maximum absolute atomic E-state index is 6.09. The van der Waals surface area contributed by atoms with Gasteiger partial charge in [-0.1, -0.05) is 26.0 Å². The summed E-state index contributed by atoms with van der Waals surface area (Å²) in [6.45, 7) is 8.25. The molecule has 0 amide bonds. The van der Waals surface area contributed by atoms with Gasteiger partial charge in [0.25, 0.3) is 0 Å². The van der Waals surface area contributed by atoms with Crippen LogP contribution in [0.15, 0.2) is 42.7 Å². The van der Waals surface area contributed by atoms with Crippen molar-refractivity contribution in [2.24, 2.45) is 5.41 Å². The summed E-state index contributed by atoms with van der Waals surface area (Å²) in [5.41, 5.74) is 2.70. The van der Waals surface area contributed by atoms with Gasteiger partial charge < -0.3 is 9.47 Å². The van der Waals surface area contributed by atoms with Gasteiger partial charge in [-0.05, 0) is 29.2 Å². The van der Waals surface area contributed by atoms with E-state index in [9.17, 15) is 0 Å². The molecule has 23 heavy (non-hydrogen) atoms. The fourth-order valence-electron chi connectivity index (χ4n) is 3.16. The van der Waals surface area contributed by atoms with Crippen LogP contribution in [0.1, 0.15) is 25.0 Å². The maximum atomic E-state index is 6.09. The number of hydrogen-bond acceptors (Lipinski definition) is 4. The van der Waals surface area contributed by atoms with Crippen molar-refractivity contribution in [2.45, 2.75) is 27.0 Å². The number of rotatable bonds is 6. The molecule has 0 saturated carbocycles. The standard InChI is InChI=1S/C19H24N2O2/c1-19(2)13-21(14-19)11-16-5-4-6-17(22-3)18(16)23-12-15-7-9-20-10-8-15/h4-10H,11-14H2,1-3H3. The van der Waals surface area contributed by atoms with Gasteiger partial charge in [0.15, 0.2) is 11.5 Å². The first-order chi connectivity index (χ1) is 11.1.